The molecule has 1 aromatic carbocycles. The second kappa shape index (κ2) is 7.00. The number of nitrogens with two attached hydrogens (primary N) is 1. The molecular weight excluding hydrogens is 452 g/mol. The molecule has 34 heavy (non-hydrogen) atoms. The van der Waals surface area contributed by atoms with Gasteiger partial charge >= 0.3 is 0 Å². The van der Waals surface area contributed by atoms with Gasteiger partial charge in [0.25, 0.3) is 0 Å². The summed E-state index contributed by atoms with van der Waals surface area (Å²) in [6, 6.07) is 5.95. The Balaban J connectivity index is 1.16. The molecule has 11 heteroatoms. The number of rotatable bonds is 2. The fraction of sp³-hybridized carbons (Fsp3) is 0.348. The zero-order valence-electron chi connectivity index (χ0n) is 18.6. The zero-order valence-corrected chi connectivity index (χ0v) is 19.4. The first-order valence-corrected chi connectivity index (χ1v) is 11.8. The number of nitrogens with zero attached hydrogens (tertiary/aromatic N) is 8. The molecule has 0 bridgehead atoms. The number of aromatic nitrogens is 8. The maximum atomic E-state index is 6.72. The summed E-state index contributed by atoms with van der Waals surface area (Å²) in [5.74, 6) is 0.843. The van der Waals surface area contributed by atoms with Gasteiger partial charge in [0.1, 0.15) is 17.0 Å². The van der Waals surface area contributed by atoms with Gasteiger partial charge in [-0.2, -0.15) is 15.3 Å². The normalized spacial score (nSPS) is 19.5. The maximum absolute atomic E-state index is 6.72. The molecule has 0 saturated carbocycles. The van der Waals surface area contributed by atoms with Gasteiger partial charge in [-0.1, -0.05) is 11.6 Å². The fourth-order valence-electron chi connectivity index (χ4n) is 5.59. The maximum Gasteiger partial charge on any atom is 0.177 e. The lowest BCUT2D eigenvalue weighted by atomic mass is 9.73. The Hall–Kier alpha value is -3.50. The molecule has 0 unspecified atom stereocenters. The molecule has 6 heterocycles. The van der Waals surface area contributed by atoms with E-state index in [4.69, 9.17) is 27.3 Å². The SMILES string of the molecule is Cn1cc2c(Cl)c(-c3n[nH]c4nc(N5CCC6(CC5)Cn5nccc5[C@H]6N)cnc34)ccc2n1. The van der Waals surface area contributed by atoms with E-state index >= 15 is 0 Å². The Kier molecular flexibility index (Phi) is 4.10. The number of halogens is 1. The summed E-state index contributed by atoms with van der Waals surface area (Å²) in [5.41, 5.74) is 11.5. The van der Waals surface area contributed by atoms with Crippen LogP contribution in [0.3, 0.4) is 0 Å². The molecule has 172 valence electrons. The number of aromatic amines is 1. The van der Waals surface area contributed by atoms with E-state index in [1.54, 1.807) is 4.68 Å². The number of hydrogen-bond acceptors (Lipinski definition) is 7. The molecule has 7 rings (SSSR count). The number of benzene rings is 1. The van der Waals surface area contributed by atoms with Crippen molar-refractivity contribution in [3.63, 3.8) is 0 Å². The molecule has 1 fully saturated rings. The zero-order chi connectivity index (χ0) is 23.0. The third kappa shape index (κ3) is 2.75. The Morgan fingerprint density at radius 1 is 1.21 bits per heavy atom. The molecule has 0 aliphatic carbocycles. The van der Waals surface area contributed by atoms with E-state index in [0.717, 1.165) is 60.5 Å². The van der Waals surface area contributed by atoms with E-state index in [0.29, 0.717) is 21.9 Å². The van der Waals surface area contributed by atoms with Crippen LogP contribution in [0.4, 0.5) is 5.82 Å². The van der Waals surface area contributed by atoms with Crippen LogP contribution in [0, 0.1) is 5.41 Å². The van der Waals surface area contributed by atoms with E-state index in [9.17, 15) is 0 Å². The molecule has 2 aliphatic rings. The second-order valence-corrected chi connectivity index (χ2v) is 9.78. The predicted molar refractivity (Wildman–Crippen MR) is 129 cm³/mol. The average molecular weight is 475 g/mol. The Labute approximate surface area is 199 Å². The number of hydrogen-bond donors (Lipinski definition) is 2. The van der Waals surface area contributed by atoms with Crippen LogP contribution in [-0.2, 0) is 13.6 Å². The standard InChI is InChI=1S/C23H23ClN10/c1-32-11-14-15(31-32)3-2-13(18(14)24)19-20-22(30-29-19)28-17(10-26-20)33-8-5-23(6-9-33)12-34-16(21(23)25)4-7-27-34/h2-4,7,10-11,21H,5-6,8-9,12,25H2,1H3,(H,28,29,30)/t21-/m1/s1. The molecule has 5 aromatic rings. The number of fused-ring (bicyclic) bond motifs is 3. The summed E-state index contributed by atoms with van der Waals surface area (Å²) in [6.07, 6.45) is 7.56. The van der Waals surface area contributed by atoms with Crippen molar-refractivity contribution in [3.05, 3.63) is 47.5 Å². The summed E-state index contributed by atoms with van der Waals surface area (Å²) in [5, 5.41) is 17.9. The molecule has 0 amide bonds. The van der Waals surface area contributed by atoms with Gasteiger partial charge in [-0.05, 0) is 31.0 Å². The summed E-state index contributed by atoms with van der Waals surface area (Å²) in [7, 11) is 1.88. The van der Waals surface area contributed by atoms with E-state index in [1.165, 1.54) is 0 Å². The Morgan fingerprint density at radius 3 is 2.88 bits per heavy atom. The van der Waals surface area contributed by atoms with Gasteiger partial charge in [0.05, 0.1) is 28.5 Å². The molecule has 1 spiro atoms. The van der Waals surface area contributed by atoms with Crippen molar-refractivity contribution in [2.75, 3.05) is 18.0 Å². The lowest BCUT2D eigenvalue weighted by Crippen LogP contribution is -2.45. The van der Waals surface area contributed by atoms with E-state index < -0.39 is 0 Å². The predicted octanol–water partition coefficient (Wildman–Crippen LogP) is 3.06. The second-order valence-electron chi connectivity index (χ2n) is 9.40. The van der Waals surface area contributed by atoms with Gasteiger partial charge in [-0.15, -0.1) is 0 Å². The smallest absolute Gasteiger partial charge is 0.177 e. The number of piperidine rings is 1. The minimum absolute atomic E-state index is 0.0304. The highest BCUT2D eigenvalue weighted by atomic mass is 35.5. The van der Waals surface area contributed by atoms with Crippen molar-refractivity contribution in [1.82, 2.24) is 39.7 Å². The van der Waals surface area contributed by atoms with Crippen LogP contribution in [0.15, 0.2) is 36.8 Å². The first kappa shape index (κ1) is 19.9. The van der Waals surface area contributed by atoms with Crippen molar-refractivity contribution in [2.24, 2.45) is 18.2 Å². The minimum Gasteiger partial charge on any atom is -0.355 e. The first-order valence-electron chi connectivity index (χ1n) is 11.4. The summed E-state index contributed by atoms with van der Waals surface area (Å²) in [6.45, 7) is 2.65. The molecule has 1 saturated heterocycles. The van der Waals surface area contributed by atoms with Crippen molar-refractivity contribution >= 4 is 39.5 Å². The van der Waals surface area contributed by atoms with Gasteiger partial charge in [0.2, 0.25) is 0 Å². The first-order chi connectivity index (χ1) is 16.5. The van der Waals surface area contributed by atoms with Gasteiger partial charge in [0, 0.05) is 55.4 Å². The van der Waals surface area contributed by atoms with Crippen LogP contribution >= 0.6 is 11.6 Å². The number of nitrogens with one attached hydrogen (secondary N) is 1. The number of aryl methyl sites for hydroxylation is 1. The van der Waals surface area contributed by atoms with E-state index in [2.05, 4.69) is 30.0 Å². The highest BCUT2D eigenvalue weighted by Gasteiger charge is 2.47. The van der Waals surface area contributed by atoms with Crippen molar-refractivity contribution in [2.45, 2.75) is 25.4 Å². The molecule has 3 N–H and O–H groups in total. The highest BCUT2D eigenvalue weighted by molar-refractivity contribution is 6.38. The van der Waals surface area contributed by atoms with Gasteiger partial charge in [-0.3, -0.25) is 14.5 Å². The van der Waals surface area contributed by atoms with Crippen molar-refractivity contribution in [1.29, 1.82) is 0 Å². The summed E-state index contributed by atoms with van der Waals surface area (Å²) in [4.78, 5) is 11.9. The summed E-state index contributed by atoms with van der Waals surface area (Å²) < 4.78 is 3.82. The van der Waals surface area contributed by atoms with E-state index in [-0.39, 0.29) is 11.5 Å². The van der Waals surface area contributed by atoms with Crippen molar-refractivity contribution < 1.29 is 0 Å². The molecule has 2 aliphatic heterocycles. The van der Waals surface area contributed by atoms with Crippen molar-refractivity contribution in [3.8, 4) is 11.3 Å². The largest absolute Gasteiger partial charge is 0.355 e. The topological polar surface area (TPSA) is 119 Å². The van der Waals surface area contributed by atoms with Gasteiger partial charge < -0.3 is 10.6 Å². The minimum atomic E-state index is 0.0304. The molecular formula is C23H23ClN10. The third-order valence-corrected chi connectivity index (χ3v) is 7.93. The molecule has 4 aromatic heterocycles. The highest BCUT2D eigenvalue weighted by Crippen LogP contribution is 2.48. The quantitative estimate of drug-likeness (QED) is 0.403. The average Bonchev–Trinajstić information content (AvgIpc) is 3.60. The lowest BCUT2D eigenvalue weighted by Gasteiger charge is -2.41. The molecule has 1 atom stereocenters. The van der Waals surface area contributed by atoms with Crippen LogP contribution < -0.4 is 10.6 Å². The van der Waals surface area contributed by atoms with Crippen LogP contribution in [-0.4, -0.2) is 52.8 Å². The van der Waals surface area contributed by atoms with Crippen LogP contribution in [0.2, 0.25) is 5.02 Å². The van der Waals surface area contributed by atoms with Gasteiger partial charge in [0.15, 0.2) is 5.65 Å². The molecule has 0 radical (unpaired) electrons. The lowest BCUT2D eigenvalue weighted by molar-refractivity contribution is 0.170. The van der Waals surface area contributed by atoms with Crippen LogP contribution in [0.25, 0.3) is 33.3 Å². The molecule has 10 nitrogen and oxygen atoms in total. The van der Waals surface area contributed by atoms with Crippen LogP contribution in [0.1, 0.15) is 24.6 Å². The number of anilines is 1. The Morgan fingerprint density at radius 2 is 2.06 bits per heavy atom. The third-order valence-electron chi connectivity index (χ3n) is 7.53. The Bertz CT molecular complexity index is 1550. The summed E-state index contributed by atoms with van der Waals surface area (Å²) >= 11 is 6.72. The van der Waals surface area contributed by atoms with E-state index in [1.807, 2.05) is 43.8 Å². The van der Waals surface area contributed by atoms with Gasteiger partial charge in [-0.25, -0.2) is 9.97 Å². The number of H-pyrrole nitrogens is 1. The fourth-order valence-corrected chi connectivity index (χ4v) is 5.89. The monoisotopic (exact) mass is 474 g/mol. The van der Waals surface area contributed by atoms with Crippen LogP contribution in [0.5, 0.6) is 0 Å².